The Morgan fingerprint density at radius 2 is 1.50 bits per heavy atom. The Labute approximate surface area is 153 Å². The molecule has 0 spiro atoms. The SMILES string of the molecule is O=C(O)C(Cc1ccccc1)NC(=O)N1CCN(c2ccccc2)CC1. The average molecular weight is 353 g/mol. The Bertz CT molecular complexity index is 728. The molecular formula is C20H23N3O3. The zero-order valence-corrected chi connectivity index (χ0v) is 14.5. The summed E-state index contributed by atoms with van der Waals surface area (Å²) < 4.78 is 0. The number of hydrogen-bond acceptors (Lipinski definition) is 3. The molecule has 1 saturated heterocycles. The maximum atomic E-state index is 12.5. The van der Waals surface area contributed by atoms with Crippen LogP contribution in [-0.4, -0.2) is 54.2 Å². The van der Waals surface area contributed by atoms with Crippen molar-refractivity contribution in [3.63, 3.8) is 0 Å². The van der Waals surface area contributed by atoms with Crippen LogP contribution in [-0.2, 0) is 11.2 Å². The normalized spacial score (nSPS) is 15.4. The Hall–Kier alpha value is -3.02. The number of carboxylic acid groups (broad SMARTS) is 1. The lowest BCUT2D eigenvalue weighted by molar-refractivity contribution is -0.139. The van der Waals surface area contributed by atoms with Gasteiger partial charge in [0.25, 0.3) is 0 Å². The van der Waals surface area contributed by atoms with Crippen LogP contribution in [0.4, 0.5) is 10.5 Å². The van der Waals surface area contributed by atoms with Crippen LogP contribution in [0.2, 0.25) is 0 Å². The molecule has 26 heavy (non-hydrogen) atoms. The van der Waals surface area contributed by atoms with Crippen molar-refractivity contribution in [2.75, 3.05) is 31.1 Å². The standard InChI is InChI=1S/C20H23N3O3/c24-19(25)18(15-16-7-3-1-4-8-16)21-20(26)23-13-11-22(12-14-23)17-9-5-2-6-10-17/h1-10,18H,11-15H2,(H,21,26)(H,24,25). The number of urea groups is 1. The van der Waals surface area contributed by atoms with Crippen molar-refractivity contribution in [1.29, 1.82) is 0 Å². The first-order chi connectivity index (χ1) is 12.6. The number of hydrogen-bond donors (Lipinski definition) is 2. The van der Waals surface area contributed by atoms with E-state index in [1.165, 1.54) is 0 Å². The van der Waals surface area contributed by atoms with Gasteiger partial charge in [-0.1, -0.05) is 48.5 Å². The van der Waals surface area contributed by atoms with Crippen LogP contribution in [0.1, 0.15) is 5.56 Å². The fourth-order valence-electron chi connectivity index (χ4n) is 3.10. The maximum Gasteiger partial charge on any atom is 0.326 e. The van der Waals surface area contributed by atoms with E-state index in [0.29, 0.717) is 13.1 Å². The minimum absolute atomic E-state index is 0.270. The minimum Gasteiger partial charge on any atom is -0.480 e. The molecule has 2 amide bonds. The Morgan fingerprint density at radius 1 is 0.923 bits per heavy atom. The summed E-state index contributed by atoms with van der Waals surface area (Å²) in [4.78, 5) is 27.9. The molecule has 1 fully saturated rings. The minimum atomic E-state index is -1.02. The number of aliphatic carboxylic acids is 1. The van der Waals surface area contributed by atoms with Gasteiger partial charge in [-0.25, -0.2) is 9.59 Å². The molecule has 0 bridgehead atoms. The van der Waals surface area contributed by atoms with Crippen LogP contribution >= 0.6 is 0 Å². The molecule has 0 radical (unpaired) electrons. The number of rotatable bonds is 5. The molecule has 1 aliphatic heterocycles. The molecule has 6 heteroatoms. The van der Waals surface area contributed by atoms with E-state index in [-0.39, 0.29) is 12.5 Å². The van der Waals surface area contributed by atoms with E-state index in [9.17, 15) is 14.7 Å². The molecule has 1 unspecified atom stereocenters. The Kier molecular flexibility index (Phi) is 5.73. The molecule has 0 saturated carbocycles. The second kappa shape index (κ2) is 8.38. The van der Waals surface area contributed by atoms with E-state index in [4.69, 9.17) is 0 Å². The second-order valence-corrected chi connectivity index (χ2v) is 6.34. The molecule has 2 N–H and O–H groups in total. The highest BCUT2D eigenvalue weighted by molar-refractivity contribution is 5.83. The van der Waals surface area contributed by atoms with E-state index < -0.39 is 12.0 Å². The van der Waals surface area contributed by atoms with Crippen molar-refractivity contribution in [1.82, 2.24) is 10.2 Å². The highest BCUT2D eigenvalue weighted by atomic mass is 16.4. The number of piperazine rings is 1. The van der Waals surface area contributed by atoms with Crippen molar-refractivity contribution in [2.24, 2.45) is 0 Å². The number of carboxylic acids is 1. The summed E-state index contributed by atoms with van der Waals surface area (Å²) in [6.07, 6.45) is 0.270. The monoisotopic (exact) mass is 353 g/mol. The predicted octanol–water partition coefficient (Wildman–Crippen LogP) is 2.21. The van der Waals surface area contributed by atoms with E-state index in [1.54, 1.807) is 4.90 Å². The molecule has 6 nitrogen and oxygen atoms in total. The van der Waals surface area contributed by atoms with Gasteiger partial charge in [0.05, 0.1) is 0 Å². The number of nitrogens with zero attached hydrogens (tertiary/aromatic N) is 2. The lowest BCUT2D eigenvalue weighted by atomic mass is 10.1. The number of carbonyl (C=O) groups is 2. The lowest BCUT2D eigenvalue weighted by Gasteiger charge is -2.36. The highest BCUT2D eigenvalue weighted by Crippen LogP contribution is 2.15. The first-order valence-corrected chi connectivity index (χ1v) is 8.75. The first kappa shape index (κ1) is 17.8. The van der Waals surface area contributed by atoms with Crippen molar-refractivity contribution in [3.8, 4) is 0 Å². The summed E-state index contributed by atoms with van der Waals surface area (Å²) in [7, 11) is 0. The summed E-state index contributed by atoms with van der Waals surface area (Å²) in [5.41, 5.74) is 2.02. The van der Waals surface area contributed by atoms with Gasteiger partial charge in [0, 0.05) is 38.3 Å². The molecule has 1 aliphatic rings. The highest BCUT2D eigenvalue weighted by Gasteiger charge is 2.26. The number of amides is 2. The molecule has 136 valence electrons. The third-order valence-corrected chi connectivity index (χ3v) is 4.57. The summed E-state index contributed by atoms with van der Waals surface area (Å²) in [5, 5.41) is 12.1. The molecule has 0 aromatic heterocycles. The summed E-state index contributed by atoms with van der Waals surface area (Å²) in [6, 6.07) is 18.1. The molecule has 0 aliphatic carbocycles. The number of benzene rings is 2. The van der Waals surface area contributed by atoms with Gasteiger partial charge in [-0.15, -0.1) is 0 Å². The van der Waals surface area contributed by atoms with E-state index >= 15 is 0 Å². The topological polar surface area (TPSA) is 72.9 Å². The number of anilines is 1. The van der Waals surface area contributed by atoms with Gasteiger partial charge in [0.15, 0.2) is 0 Å². The van der Waals surface area contributed by atoms with Crippen LogP contribution in [0, 0.1) is 0 Å². The smallest absolute Gasteiger partial charge is 0.326 e. The molecule has 2 aromatic rings. The van der Waals surface area contributed by atoms with Gasteiger partial charge >= 0.3 is 12.0 Å². The van der Waals surface area contributed by atoms with E-state index in [1.807, 2.05) is 48.5 Å². The lowest BCUT2D eigenvalue weighted by Crippen LogP contribution is -2.55. The van der Waals surface area contributed by atoms with E-state index in [0.717, 1.165) is 24.3 Å². The van der Waals surface area contributed by atoms with Crippen LogP contribution in [0.3, 0.4) is 0 Å². The summed E-state index contributed by atoms with van der Waals surface area (Å²) >= 11 is 0. The zero-order valence-electron chi connectivity index (χ0n) is 14.5. The van der Waals surface area contributed by atoms with Gasteiger partial charge in [-0.05, 0) is 17.7 Å². The van der Waals surface area contributed by atoms with Crippen LogP contribution in [0.15, 0.2) is 60.7 Å². The van der Waals surface area contributed by atoms with Crippen LogP contribution in [0.25, 0.3) is 0 Å². The largest absolute Gasteiger partial charge is 0.480 e. The van der Waals surface area contributed by atoms with Crippen molar-refractivity contribution in [3.05, 3.63) is 66.2 Å². The maximum absolute atomic E-state index is 12.5. The quantitative estimate of drug-likeness (QED) is 0.864. The third-order valence-electron chi connectivity index (χ3n) is 4.57. The van der Waals surface area contributed by atoms with Gasteiger partial charge in [-0.2, -0.15) is 0 Å². The van der Waals surface area contributed by atoms with Crippen LogP contribution in [0.5, 0.6) is 0 Å². The summed E-state index contributed by atoms with van der Waals surface area (Å²) in [5.74, 6) is -1.02. The third kappa shape index (κ3) is 4.53. The number of para-hydroxylation sites is 1. The predicted molar refractivity (Wildman–Crippen MR) is 100 cm³/mol. The van der Waals surface area contributed by atoms with Gasteiger partial charge in [0.2, 0.25) is 0 Å². The number of carbonyl (C=O) groups excluding carboxylic acids is 1. The Morgan fingerprint density at radius 3 is 2.08 bits per heavy atom. The molecule has 3 rings (SSSR count). The van der Waals surface area contributed by atoms with Gasteiger partial charge in [-0.3, -0.25) is 0 Å². The van der Waals surface area contributed by atoms with Crippen LogP contribution < -0.4 is 10.2 Å². The fraction of sp³-hybridized carbons (Fsp3) is 0.300. The fourth-order valence-corrected chi connectivity index (χ4v) is 3.10. The number of nitrogens with one attached hydrogen (secondary N) is 1. The van der Waals surface area contributed by atoms with Crippen molar-refractivity contribution in [2.45, 2.75) is 12.5 Å². The molecule has 2 aromatic carbocycles. The summed E-state index contributed by atoms with van der Waals surface area (Å²) in [6.45, 7) is 2.60. The Balaban J connectivity index is 1.54. The second-order valence-electron chi connectivity index (χ2n) is 6.34. The van der Waals surface area contributed by atoms with E-state index in [2.05, 4.69) is 22.3 Å². The first-order valence-electron chi connectivity index (χ1n) is 8.75. The average Bonchev–Trinajstić information content (AvgIpc) is 2.69. The molecule has 1 heterocycles. The van der Waals surface area contributed by atoms with Crippen molar-refractivity contribution < 1.29 is 14.7 Å². The van der Waals surface area contributed by atoms with Crippen molar-refractivity contribution >= 4 is 17.7 Å². The van der Waals surface area contributed by atoms with Gasteiger partial charge in [0.1, 0.15) is 6.04 Å². The molecular weight excluding hydrogens is 330 g/mol. The molecule has 1 atom stereocenters. The van der Waals surface area contributed by atoms with Gasteiger partial charge < -0.3 is 20.2 Å². The zero-order chi connectivity index (χ0) is 18.4.